The molecule has 0 aliphatic heterocycles. The number of hydrogen-bond donors (Lipinski definition) is 0. The summed E-state index contributed by atoms with van der Waals surface area (Å²) in [5, 5.41) is 7.51. The topological polar surface area (TPSA) is 30.7 Å². The van der Waals surface area contributed by atoms with Gasteiger partial charge in [0.1, 0.15) is 0 Å². The maximum atomic E-state index is 5.08. The van der Waals surface area contributed by atoms with Gasteiger partial charge in [-0.1, -0.05) is 115 Å². The highest BCUT2D eigenvalue weighted by Gasteiger charge is 2.43. The lowest BCUT2D eigenvalue weighted by molar-refractivity contribution is 1.18. The van der Waals surface area contributed by atoms with Gasteiger partial charge in [-0.05, 0) is 64.1 Å². The van der Waals surface area contributed by atoms with Crippen molar-refractivity contribution < 1.29 is 0 Å². The van der Waals surface area contributed by atoms with Gasteiger partial charge in [0.05, 0.1) is 16.7 Å². The number of hydrogen-bond acceptors (Lipinski definition) is 2. The van der Waals surface area contributed by atoms with E-state index in [1.54, 1.807) is 0 Å². The predicted octanol–water partition coefficient (Wildman–Crippen LogP) is 6.62. The average Bonchev–Trinajstić information content (AvgIpc) is 3.44. The Hall–Kier alpha value is -5.58. The Bertz CT molecular complexity index is 2110. The molecule has 0 N–H and O–H groups in total. The first-order valence-electron chi connectivity index (χ1n) is 14.9. The number of rotatable bonds is 6. The Morgan fingerprint density at radius 1 is 0.432 bits per heavy atom. The Balaban J connectivity index is 1.46. The van der Waals surface area contributed by atoms with Crippen LogP contribution < -0.4 is 20.9 Å². The lowest BCUT2D eigenvalue weighted by Crippen LogP contribution is -2.75. The molecule has 0 unspecified atom stereocenters. The van der Waals surface area contributed by atoms with Crippen LogP contribution in [0.15, 0.2) is 176 Å². The zero-order chi connectivity index (χ0) is 29.3. The van der Waals surface area contributed by atoms with Crippen LogP contribution in [0.1, 0.15) is 0 Å². The van der Waals surface area contributed by atoms with Crippen molar-refractivity contribution in [3.8, 4) is 16.9 Å². The Morgan fingerprint density at radius 2 is 1.09 bits per heavy atom. The highest BCUT2D eigenvalue weighted by Crippen LogP contribution is 2.33. The van der Waals surface area contributed by atoms with Crippen LogP contribution in [0.25, 0.3) is 38.8 Å². The summed E-state index contributed by atoms with van der Waals surface area (Å²) in [6, 6.07) is 58.9. The molecule has 4 heteroatoms. The second kappa shape index (κ2) is 10.9. The summed E-state index contributed by atoms with van der Waals surface area (Å²) in [6.07, 6.45) is 3.78. The molecule has 8 aromatic rings. The third-order valence-electron chi connectivity index (χ3n) is 8.63. The van der Waals surface area contributed by atoms with Crippen LogP contribution in [0.5, 0.6) is 0 Å². The molecule has 0 saturated carbocycles. The highest BCUT2D eigenvalue weighted by molar-refractivity contribution is 7.19. The molecule has 3 nitrogen and oxygen atoms in total. The molecule has 208 valence electrons. The van der Waals surface area contributed by atoms with Crippen LogP contribution in [-0.2, 0) is 0 Å². The van der Waals surface area contributed by atoms with Crippen LogP contribution in [0, 0.1) is 0 Å². The Kier molecular flexibility index (Phi) is 6.47. The molecule has 44 heavy (non-hydrogen) atoms. The van der Waals surface area contributed by atoms with Gasteiger partial charge in [0, 0.05) is 39.7 Å². The fourth-order valence-electron chi connectivity index (χ4n) is 6.72. The molecule has 3 aromatic heterocycles. The van der Waals surface area contributed by atoms with E-state index >= 15 is 0 Å². The minimum atomic E-state index is -2.79. The molecular formula is C40H29N3Si. The van der Waals surface area contributed by atoms with Crippen LogP contribution >= 0.6 is 0 Å². The second-order valence-electron chi connectivity index (χ2n) is 11.0. The number of aromatic nitrogens is 3. The van der Waals surface area contributed by atoms with Gasteiger partial charge in [0.2, 0.25) is 8.07 Å². The van der Waals surface area contributed by atoms with Gasteiger partial charge >= 0.3 is 0 Å². The molecular weight excluding hydrogens is 551 g/mol. The maximum absolute atomic E-state index is 5.08. The molecule has 0 atom stereocenters. The fourth-order valence-corrected chi connectivity index (χ4v) is 11.3. The molecule has 8 rings (SSSR count). The molecule has 0 spiro atoms. The van der Waals surface area contributed by atoms with Gasteiger partial charge in [-0.3, -0.25) is 9.97 Å². The summed E-state index contributed by atoms with van der Waals surface area (Å²) >= 11 is 0. The molecule has 0 amide bonds. The van der Waals surface area contributed by atoms with Gasteiger partial charge < -0.3 is 4.57 Å². The standard InChI is InChI=1S/C40H29N3Si/c1-3-16-32(17-4-1)44(33-18-5-2-6-19-33,40-23-10-12-27-42-40)34-24-25-36-35-20-7-8-22-38(35)43(39(36)29-34)31-15-13-14-30(28-31)37-21-9-11-26-41-37/h1-29H. The lowest BCUT2D eigenvalue weighted by Gasteiger charge is -2.33. The van der Waals surface area contributed by atoms with Gasteiger partial charge in [-0.2, -0.15) is 0 Å². The molecule has 0 fully saturated rings. The van der Waals surface area contributed by atoms with E-state index in [-0.39, 0.29) is 0 Å². The summed E-state index contributed by atoms with van der Waals surface area (Å²) in [5.74, 6) is 0. The van der Waals surface area contributed by atoms with E-state index in [1.807, 2.05) is 30.6 Å². The first kappa shape index (κ1) is 26.1. The molecule has 0 bridgehead atoms. The molecule has 0 saturated heterocycles. The summed E-state index contributed by atoms with van der Waals surface area (Å²) < 4.78 is 2.41. The normalized spacial score (nSPS) is 11.6. The highest BCUT2D eigenvalue weighted by atomic mass is 28.3. The van der Waals surface area contributed by atoms with E-state index in [9.17, 15) is 0 Å². The largest absolute Gasteiger partial charge is 0.309 e. The molecule has 3 heterocycles. The quantitative estimate of drug-likeness (QED) is 0.164. The lowest BCUT2D eigenvalue weighted by atomic mass is 10.1. The first-order valence-corrected chi connectivity index (χ1v) is 16.9. The molecule has 0 aliphatic carbocycles. The first-order chi connectivity index (χ1) is 21.8. The molecule has 5 aromatic carbocycles. The monoisotopic (exact) mass is 579 g/mol. The number of benzene rings is 5. The van der Waals surface area contributed by atoms with Gasteiger partial charge in [0.25, 0.3) is 0 Å². The van der Waals surface area contributed by atoms with Crippen molar-refractivity contribution >= 4 is 50.8 Å². The van der Waals surface area contributed by atoms with E-state index in [2.05, 4.69) is 155 Å². The second-order valence-corrected chi connectivity index (χ2v) is 14.8. The van der Waals surface area contributed by atoms with Gasteiger partial charge in [0.15, 0.2) is 0 Å². The van der Waals surface area contributed by atoms with Crippen molar-refractivity contribution in [3.05, 3.63) is 176 Å². The third-order valence-corrected chi connectivity index (χ3v) is 13.3. The zero-order valence-electron chi connectivity index (χ0n) is 24.1. The van der Waals surface area contributed by atoms with Crippen molar-refractivity contribution in [2.75, 3.05) is 0 Å². The van der Waals surface area contributed by atoms with Crippen LogP contribution in [-0.4, -0.2) is 22.6 Å². The van der Waals surface area contributed by atoms with Crippen molar-refractivity contribution in [1.29, 1.82) is 0 Å². The van der Waals surface area contributed by atoms with Crippen molar-refractivity contribution in [2.24, 2.45) is 0 Å². The summed E-state index contributed by atoms with van der Waals surface area (Å²) in [4.78, 5) is 9.71. The summed E-state index contributed by atoms with van der Waals surface area (Å²) in [5.41, 5.74) is 5.53. The van der Waals surface area contributed by atoms with E-state index < -0.39 is 8.07 Å². The van der Waals surface area contributed by atoms with E-state index in [0.717, 1.165) is 22.3 Å². The van der Waals surface area contributed by atoms with Crippen LogP contribution in [0.4, 0.5) is 0 Å². The van der Waals surface area contributed by atoms with Gasteiger partial charge in [-0.25, -0.2) is 0 Å². The van der Waals surface area contributed by atoms with Crippen molar-refractivity contribution in [1.82, 2.24) is 14.5 Å². The minimum absolute atomic E-state index is 0.963. The summed E-state index contributed by atoms with van der Waals surface area (Å²) in [7, 11) is -2.79. The van der Waals surface area contributed by atoms with E-state index in [4.69, 9.17) is 4.98 Å². The maximum Gasteiger partial charge on any atom is 0.201 e. The van der Waals surface area contributed by atoms with E-state index in [1.165, 1.54) is 37.4 Å². The Labute approximate surface area is 257 Å². The zero-order valence-corrected chi connectivity index (χ0v) is 25.1. The number of fused-ring (bicyclic) bond motifs is 3. The molecule has 0 radical (unpaired) electrons. The van der Waals surface area contributed by atoms with Crippen LogP contribution in [0.2, 0.25) is 0 Å². The Morgan fingerprint density at radius 3 is 1.80 bits per heavy atom. The fraction of sp³-hybridized carbons (Fsp3) is 0. The minimum Gasteiger partial charge on any atom is -0.309 e. The molecule has 0 aliphatic rings. The third kappa shape index (κ3) is 4.19. The summed E-state index contributed by atoms with van der Waals surface area (Å²) in [6.45, 7) is 0. The number of nitrogens with zero attached hydrogens (tertiary/aromatic N) is 3. The van der Waals surface area contributed by atoms with Crippen LogP contribution in [0.3, 0.4) is 0 Å². The van der Waals surface area contributed by atoms with Gasteiger partial charge in [-0.15, -0.1) is 0 Å². The smallest absolute Gasteiger partial charge is 0.201 e. The number of pyridine rings is 2. The van der Waals surface area contributed by atoms with E-state index in [0.29, 0.717) is 0 Å². The predicted molar refractivity (Wildman–Crippen MR) is 185 cm³/mol. The number of para-hydroxylation sites is 1. The van der Waals surface area contributed by atoms with Crippen molar-refractivity contribution in [2.45, 2.75) is 0 Å². The SMILES string of the molecule is c1ccc([Si](c2ccccc2)(c2ccc3c4ccccc4n(-c4cccc(-c5ccccn5)c4)c3c2)c2ccccn2)cc1. The van der Waals surface area contributed by atoms with Crippen molar-refractivity contribution in [3.63, 3.8) is 0 Å². The average molecular weight is 580 g/mol.